The maximum absolute atomic E-state index is 4.75. The molecule has 0 fully saturated rings. The number of nitrogens with zero attached hydrogens (tertiary/aromatic N) is 4. The first-order valence-corrected chi connectivity index (χ1v) is 11.6. The monoisotopic (exact) mass is 882 g/mol. The molecule has 2 heterocycles. The molecule has 0 saturated carbocycles. The number of aliphatic imine (C=N–C) groups is 2. The van der Waals surface area contributed by atoms with E-state index in [1.807, 2.05) is 61.2 Å². The number of benzene rings is 2. The van der Waals surface area contributed by atoms with Gasteiger partial charge in [0.2, 0.25) is 0 Å². The van der Waals surface area contributed by atoms with Gasteiger partial charge in [0.25, 0.3) is 0 Å². The molecule has 0 N–H and O–H groups in total. The second-order valence-corrected chi connectivity index (χ2v) is 8.59. The minimum Gasteiger partial charge on any atom is -0.261 e. The second kappa shape index (κ2) is 21.7. The molecule has 0 aliphatic rings. The summed E-state index contributed by atoms with van der Waals surface area (Å²) in [5.74, 6) is 0. The standard InChI is InChI=1S/C30H30N4.4BrH.2Ni/c1-21-17-25(18-22(2)29(21)33-15-11-27-9-5-7-13-31-27)26-19-23(3)30(24(4)20-26)34-16-12-28-10-6-8-14-32-28;;;;;;/h5-10,13-20H,11-12H2,1-4H3;4*1H;;. The number of hydrogen-bond donors (Lipinski definition) is 0. The Morgan fingerprint density at radius 1 is 0.550 bits per heavy atom. The maximum atomic E-state index is 4.75. The van der Waals surface area contributed by atoms with Crippen molar-refractivity contribution < 1.29 is 33.0 Å². The van der Waals surface area contributed by atoms with E-state index in [9.17, 15) is 0 Å². The molecule has 10 heteroatoms. The third kappa shape index (κ3) is 12.1. The molecule has 40 heavy (non-hydrogen) atoms. The van der Waals surface area contributed by atoms with Crippen LogP contribution in [0.5, 0.6) is 0 Å². The smallest absolute Gasteiger partial charge is 0.0684 e. The van der Waals surface area contributed by atoms with Gasteiger partial charge in [0.1, 0.15) is 0 Å². The van der Waals surface area contributed by atoms with Gasteiger partial charge in [-0.2, -0.15) is 0 Å². The largest absolute Gasteiger partial charge is 0.261 e. The van der Waals surface area contributed by atoms with Crippen LogP contribution in [0.15, 0.2) is 83.0 Å². The Kier molecular flexibility index (Phi) is 23.5. The fourth-order valence-electron chi connectivity index (χ4n) is 4.15. The van der Waals surface area contributed by atoms with Crippen molar-refractivity contribution >= 4 is 91.7 Å². The van der Waals surface area contributed by atoms with Crippen LogP contribution < -0.4 is 0 Å². The molecule has 0 aliphatic carbocycles. The number of aryl methyl sites for hydroxylation is 4. The molecule has 0 amide bonds. The van der Waals surface area contributed by atoms with Crippen LogP contribution in [0.4, 0.5) is 11.4 Å². The normalized spacial score (nSPS) is 9.80. The number of aromatic nitrogens is 2. The van der Waals surface area contributed by atoms with E-state index < -0.39 is 0 Å². The Hall–Kier alpha value is -1.01. The first kappa shape index (κ1) is 43.4. The van der Waals surface area contributed by atoms with Crippen molar-refractivity contribution in [1.82, 2.24) is 9.97 Å². The maximum Gasteiger partial charge on any atom is 0.0684 e. The zero-order chi connectivity index (χ0) is 23.9. The summed E-state index contributed by atoms with van der Waals surface area (Å²) >= 11 is 0. The van der Waals surface area contributed by atoms with Gasteiger partial charge < -0.3 is 0 Å². The molecule has 0 unspecified atom stereocenters. The topological polar surface area (TPSA) is 50.5 Å². The van der Waals surface area contributed by atoms with Gasteiger partial charge in [-0.15, -0.1) is 67.9 Å². The molecule has 222 valence electrons. The van der Waals surface area contributed by atoms with E-state index in [-0.39, 0.29) is 101 Å². The first-order valence-electron chi connectivity index (χ1n) is 11.6. The Balaban J connectivity index is -0.00000228. The summed E-state index contributed by atoms with van der Waals surface area (Å²) < 4.78 is 0. The number of rotatable bonds is 7. The van der Waals surface area contributed by atoms with Crippen LogP contribution in [0.25, 0.3) is 11.1 Å². The zero-order valence-electron chi connectivity index (χ0n) is 22.6. The second-order valence-electron chi connectivity index (χ2n) is 8.59. The molecule has 0 aliphatic heterocycles. The van der Waals surface area contributed by atoms with Crippen LogP contribution in [0.1, 0.15) is 33.6 Å². The number of pyridine rings is 2. The average molecular weight is 888 g/mol. The SMILES string of the molecule is Br.Br.Br.Br.Cc1cc(-c2cc(C)c(N=CCc3ccccn3)c(C)c2)cc(C)c1N=CCc1ccccn1.[Ni].[Ni]. The zero-order valence-corrected chi connectivity index (χ0v) is 31.4. The fourth-order valence-corrected chi connectivity index (χ4v) is 4.15. The summed E-state index contributed by atoms with van der Waals surface area (Å²) in [6.45, 7) is 8.50. The van der Waals surface area contributed by atoms with Crippen LogP contribution in [0.3, 0.4) is 0 Å². The molecule has 4 rings (SSSR count). The van der Waals surface area contributed by atoms with E-state index in [0.29, 0.717) is 0 Å². The molecule has 4 aromatic rings. The Morgan fingerprint density at radius 2 is 0.875 bits per heavy atom. The summed E-state index contributed by atoms with van der Waals surface area (Å²) in [5, 5.41) is 0. The molecule has 0 bridgehead atoms. The van der Waals surface area contributed by atoms with Crippen LogP contribution >= 0.6 is 67.9 Å². The van der Waals surface area contributed by atoms with Crippen molar-refractivity contribution in [3.05, 3.63) is 107 Å². The van der Waals surface area contributed by atoms with Crippen LogP contribution in [-0.4, -0.2) is 22.4 Å². The van der Waals surface area contributed by atoms with Gasteiger partial charge in [0.15, 0.2) is 0 Å². The molecule has 0 saturated heterocycles. The van der Waals surface area contributed by atoms with E-state index in [1.165, 1.54) is 33.4 Å². The van der Waals surface area contributed by atoms with Gasteiger partial charge >= 0.3 is 0 Å². The Morgan fingerprint density at radius 3 is 1.15 bits per heavy atom. The third-order valence-corrected chi connectivity index (χ3v) is 5.81. The quantitative estimate of drug-likeness (QED) is 0.137. The van der Waals surface area contributed by atoms with E-state index in [1.54, 1.807) is 0 Å². The summed E-state index contributed by atoms with van der Waals surface area (Å²) in [6.07, 6.45) is 8.97. The van der Waals surface area contributed by atoms with Gasteiger partial charge in [-0.05, 0) is 110 Å². The van der Waals surface area contributed by atoms with Crippen LogP contribution in [0, 0.1) is 27.7 Å². The van der Waals surface area contributed by atoms with E-state index in [0.717, 1.165) is 35.6 Å². The van der Waals surface area contributed by atoms with Crippen molar-refractivity contribution in [2.45, 2.75) is 40.5 Å². The summed E-state index contributed by atoms with van der Waals surface area (Å²) in [5.41, 5.74) is 11.2. The summed E-state index contributed by atoms with van der Waals surface area (Å²) in [4.78, 5) is 18.2. The van der Waals surface area contributed by atoms with Gasteiger partial charge in [0, 0.05) is 82.0 Å². The fraction of sp³-hybridized carbons (Fsp3) is 0.200. The molecule has 0 radical (unpaired) electrons. The molecular weight excluding hydrogens is 853 g/mol. The summed E-state index contributed by atoms with van der Waals surface area (Å²) in [7, 11) is 0. The van der Waals surface area contributed by atoms with Gasteiger partial charge in [0.05, 0.1) is 11.4 Å². The minimum atomic E-state index is 0. The molecular formula is C30H34Br4N4Ni2. The predicted molar refractivity (Wildman–Crippen MR) is 184 cm³/mol. The van der Waals surface area contributed by atoms with E-state index in [2.05, 4.69) is 61.9 Å². The first-order chi connectivity index (χ1) is 16.5. The Labute approximate surface area is 300 Å². The van der Waals surface area contributed by atoms with Crippen LogP contribution in [0.2, 0.25) is 0 Å². The molecule has 0 atom stereocenters. The average Bonchev–Trinajstić information content (AvgIpc) is 2.83. The number of hydrogen-bond acceptors (Lipinski definition) is 4. The van der Waals surface area contributed by atoms with Crippen LogP contribution in [-0.2, 0) is 45.8 Å². The van der Waals surface area contributed by atoms with E-state index in [4.69, 9.17) is 9.98 Å². The molecule has 2 aromatic heterocycles. The van der Waals surface area contributed by atoms with Crippen molar-refractivity contribution in [1.29, 1.82) is 0 Å². The van der Waals surface area contributed by atoms with Crippen molar-refractivity contribution in [3.63, 3.8) is 0 Å². The molecule has 2 aromatic carbocycles. The third-order valence-electron chi connectivity index (χ3n) is 5.81. The minimum absolute atomic E-state index is 0. The van der Waals surface area contributed by atoms with Crippen molar-refractivity contribution in [2.24, 2.45) is 9.98 Å². The van der Waals surface area contributed by atoms with Crippen molar-refractivity contribution in [3.8, 4) is 11.1 Å². The van der Waals surface area contributed by atoms with Gasteiger partial charge in [-0.3, -0.25) is 20.0 Å². The summed E-state index contributed by atoms with van der Waals surface area (Å²) in [6, 6.07) is 20.8. The predicted octanol–water partition coefficient (Wildman–Crippen LogP) is 9.57. The van der Waals surface area contributed by atoms with Crippen molar-refractivity contribution in [2.75, 3.05) is 0 Å². The Bertz CT molecular complexity index is 1200. The number of halogens is 4. The van der Waals surface area contributed by atoms with Gasteiger partial charge in [-0.25, -0.2) is 0 Å². The molecule has 0 spiro atoms. The van der Waals surface area contributed by atoms with Gasteiger partial charge in [-0.1, -0.05) is 12.1 Å². The van der Waals surface area contributed by atoms with E-state index >= 15 is 0 Å². The molecule has 4 nitrogen and oxygen atoms in total.